The van der Waals surface area contributed by atoms with E-state index in [0.29, 0.717) is 5.75 Å². The van der Waals surface area contributed by atoms with Gasteiger partial charge >= 0.3 is 5.97 Å². The minimum absolute atomic E-state index is 0.00574. The minimum atomic E-state index is -0.583. The second-order valence-electron chi connectivity index (χ2n) is 2.62. The number of benzene rings is 1. The molecule has 0 aliphatic rings. The summed E-state index contributed by atoms with van der Waals surface area (Å²) >= 11 is 0. The number of methoxy groups -OCH3 is 2. The SMILES string of the molecule is CO/C=C(/Oc1ccccc1)C(=O)OC. The molecule has 0 saturated carbocycles. The number of esters is 1. The van der Waals surface area contributed by atoms with Gasteiger partial charge in [0.2, 0.25) is 5.76 Å². The van der Waals surface area contributed by atoms with E-state index in [1.807, 2.05) is 6.07 Å². The van der Waals surface area contributed by atoms with Gasteiger partial charge in [-0.15, -0.1) is 0 Å². The smallest absolute Gasteiger partial charge is 0.377 e. The Morgan fingerprint density at radius 3 is 2.40 bits per heavy atom. The predicted molar refractivity (Wildman–Crippen MR) is 54.2 cm³/mol. The molecule has 80 valence electrons. The van der Waals surface area contributed by atoms with E-state index in [9.17, 15) is 4.79 Å². The molecule has 0 radical (unpaired) electrons. The molecule has 15 heavy (non-hydrogen) atoms. The third-order valence-electron chi connectivity index (χ3n) is 1.58. The van der Waals surface area contributed by atoms with Crippen molar-refractivity contribution < 1.29 is 19.0 Å². The molecule has 1 aromatic rings. The molecule has 4 nitrogen and oxygen atoms in total. The molecule has 0 spiro atoms. The maximum Gasteiger partial charge on any atom is 0.377 e. The van der Waals surface area contributed by atoms with Crippen molar-refractivity contribution in [2.75, 3.05) is 14.2 Å². The van der Waals surface area contributed by atoms with Crippen LogP contribution in [0.15, 0.2) is 42.4 Å². The van der Waals surface area contributed by atoms with Crippen LogP contribution in [0, 0.1) is 0 Å². The van der Waals surface area contributed by atoms with Crippen molar-refractivity contribution in [1.82, 2.24) is 0 Å². The van der Waals surface area contributed by atoms with Crippen molar-refractivity contribution in [2.45, 2.75) is 0 Å². The van der Waals surface area contributed by atoms with Gasteiger partial charge < -0.3 is 14.2 Å². The van der Waals surface area contributed by atoms with Crippen LogP contribution in [0.1, 0.15) is 0 Å². The van der Waals surface area contributed by atoms with E-state index in [1.54, 1.807) is 24.3 Å². The number of para-hydroxylation sites is 1. The van der Waals surface area contributed by atoms with Crippen LogP contribution >= 0.6 is 0 Å². The summed E-state index contributed by atoms with van der Waals surface area (Å²) in [6, 6.07) is 8.91. The molecule has 0 aliphatic carbocycles. The van der Waals surface area contributed by atoms with Crippen molar-refractivity contribution in [3.05, 3.63) is 42.4 Å². The number of hydrogen-bond donors (Lipinski definition) is 0. The average Bonchev–Trinajstić information content (AvgIpc) is 2.29. The summed E-state index contributed by atoms with van der Waals surface area (Å²) in [5.74, 6) is -0.0295. The Kier molecular flexibility index (Phi) is 4.22. The first kappa shape index (κ1) is 11.1. The number of carbonyl (C=O) groups is 1. The average molecular weight is 208 g/mol. The lowest BCUT2D eigenvalue weighted by Crippen LogP contribution is -2.11. The monoisotopic (exact) mass is 208 g/mol. The Labute approximate surface area is 88.1 Å². The molecule has 0 N–H and O–H groups in total. The quantitative estimate of drug-likeness (QED) is 0.429. The highest BCUT2D eigenvalue weighted by Crippen LogP contribution is 2.13. The van der Waals surface area contributed by atoms with Crippen molar-refractivity contribution >= 4 is 5.97 Å². The van der Waals surface area contributed by atoms with Gasteiger partial charge in [-0.3, -0.25) is 0 Å². The molecule has 0 bridgehead atoms. The molecular weight excluding hydrogens is 196 g/mol. The van der Waals surface area contributed by atoms with Crippen molar-refractivity contribution in [1.29, 1.82) is 0 Å². The fraction of sp³-hybridized carbons (Fsp3) is 0.182. The molecule has 0 fully saturated rings. The zero-order valence-electron chi connectivity index (χ0n) is 8.60. The summed E-state index contributed by atoms with van der Waals surface area (Å²) in [5.41, 5.74) is 0. The highest BCUT2D eigenvalue weighted by Gasteiger charge is 2.12. The van der Waals surface area contributed by atoms with Crippen molar-refractivity contribution in [3.8, 4) is 5.75 Å². The molecular formula is C11H12O4. The summed E-state index contributed by atoms with van der Waals surface area (Å²) in [4.78, 5) is 11.2. The van der Waals surface area contributed by atoms with Crippen molar-refractivity contribution in [2.24, 2.45) is 0 Å². The summed E-state index contributed by atoms with van der Waals surface area (Å²) in [6.45, 7) is 0. The van der Waals surface area contributed by atoms with Gasteiger partial charge in [-0.25, -0.2) is 4.79 Å². The minimum Gasteiger partial charge on any atom is -0.500 e. The zero-order valence-corrected chi connectivity index (χ0v) is 8.60. The van der Waals surface area contributed by atoms with Crippen LogP contribution in [0.5, 0.6) is 5.75 Å². The van der Waals surface area contributed by atoms with Gasteiger partial charge in [0.05, 0.1) is 14.2 Å². The summed E-state index contributed by atoms with van der Waals surface area (Å²) < 4.78 is 14.5. The lowest BCUT2D eigenvalue weighted by Gasteiger charge is -2.07. The highest BCUT2D eigenvalue weighted by molar-refractivity contribution is 5.86. The normalized spacial score (nSPS) is 10.7. The fourth-order valence-corrected chi connectivity index (χ4v) is 0.937. The van der Waals surface area contributed by atoms with Crippen LogP contribution in [0.2, 0.25) is 0 Å². The lowest BCUT2D eigenvalue weighted by atomic mass is 10.3. The molecule has 0 atom stereocenters. The Hall–Kier alpha value is -1.97. The van der Waals surface area contributed by atoms with Crippen LogP contribution in [0.4, 0.5) is 0 Å². The Morgan fingerprint density at radius 1 is 1.20 bits per heavy atom. The van der Waals surface area contributed by atoms with Gasteiger partial charge in [0.15, 0.2) is 0 Å². The van der Waals surface area contributed by atoms with Gasteiger partial charge in [-0.1, -0.05) is 18.2 Å². The van der Waals surface area contributed by atoms with E-state index >= 15 is 0 Å². The van der Waals surface area contributed by atoms with Gasteiger partial charge in [-0.2, -0.15) is 0 Å². The van der Waals surface area contributed by atoms with Crippen molar-refractivity contribution in [3.63, 3.8) is 0 Å². The van der Waals surface area contributed by atoms with Crippen LogP contribution in [-0.2, 0) is 14.3 Å². The largest absolute Gasteiger partial charge is 0.500 e. The highest BCUT2D eigenvalue weighted by atomic mass is 16.6. The first-order valence-corrected chi connectivity index (χ1v) is 4.32. The number of rotatable bonds is 4. The molecule has 0 aromatic heterocycles. The standard InChI is InChI=1S/C11H12O4/c1-13-8-10(11(12)14-2)15-9-6-4-3-5-7-9/h3-8H,1-2H3/b10-8+. The van der Waals surface area contributed by atoms with Crippen LogP contribution in [0.3, 0.4) is 0 Å². The van der Waals surface area contributed by atoms with Crippen LogP contribution < -0.4 is 4.74 Å². The van der Waals surface area contributed by atoms with E-state index in [4.69, 9.17) is 9.47 Å². The van der Waals surface area contributed by atoms with E-state index in [1.165, 1.54) is 20.5 Å². The van der Waals surface area contributed by atoms with Gasteiger partial charge in [0.25, 0.3) is 0 Å². The zero-order chi connectivity index (χ0) is 11.1. The van der Waals surface area contributed by atoms with E-state index in [2.05, 4.69) is 4.74 Å². The molecule has 0 saturated heterocycles. The molecule has 0 unspecified atom stereocenters. The first-order chi connectivity index (χ1) is 7.27. The third kappa shape index (κ3) is 3.34. The summed E-state index contributed by atoms with van der Waals surface area (Å²) in [6.07, 6.45) is 1.19. The Morgan fingerprint density at radius 2 is 1.87 bits per heavy atom. The second kappa shape index (κ2) is 5.70. The first-order valence-electron chi connectivity index (χ1n) is 4.32. The van der Waals surface area contributed by atoms with Gasteiger partial charge in [-0.05, 0) is 12.1 Å². The third-order valence-corrected chi connectivity index (χ3v) is 1.58. The Balaban J connectivity index is 2.76. The molecule has 0 amide bonds. The maximum atomic E-state index is 11.2. The molecule has 1 rings (SSSR count). The van der Waals surface area contributed by atoms with Crippen LogP contribution in [0.25, 0.3) is 0 Å². The van der Waals surface area contributed by atoms with E-state index in [0.717, 1.165) is 0 Å². The predicted octanol–water partition coefficient (Wildman–Crippen LogP) is 1.73. The molecule has 0 heterocycles. The maximum absolute atomic E-state index is 11.2. The van der Waals surface area contributed by atoms with Gasteiger partial charge in [0.1, 0.15) is 12.0 Å². The Bertz CT molecular complexity index is 343. The number of hydrogen-bond acceptors (Lipinski definition) is 4. The van der Waals surface area contributed by atoms with Gasteiger partial charge in [0, 0.05) is 0 Å². The second-order valence-corrected chi connectivity index (χ2v) is 2.62. The van der Waals surface area contributed by atoms with E-state index in [-0.39, 0.29) is 5.76 Å². The lowest BCUT2D eigenvalue weighted by molar-refractivity contribution is -0.138. The summed E-state index contributed by atoms with van der Waals surface area (Å²) in [5, 5.41) is 0. The van der Waals surface area contributed by atoms with Crippen LogP contribution in [-0.4, -0.2) is 20.2 Å². The number of ether oxygens (including phenoxy) is 3. The molecule has 0 aliphatic heterocycles. The fourth-order valence-electron chi connectivity index (χ4n) is 0.937. The summed E-state index contributed by atoms with van der Waals surface area (Å²) in [7, 11) is 2.71. The molecule has 1 aromatic carbocycles. The number of carbonyl (C=O) groups excluding carboxylic acids is 1. The topological polar surface area (TPSA) is 44.8 Å². The van der Waals surface area contributed by atoms with E-state index < -0.39 is 5.97 Å². The molecule has 4 heteroatoms.